The normalized spacial score (nSPS) is 16.5. The first-order valence-corrected chi connectivity index (χ1v) is 6.81. The molecule has 3 nitrogen and oxygen atoms in total. The highest BCUT2D eigenvalue weighted by molar-refractivity contribution is 5.91. The lowest BCUT2D eigenvalue weighted by atomic mass is 9.87. The number of hydrogen-bond acceptors (Lipinski definition) is 2. The Balaban J connectivity index is 1.88. The summed E-state index contributed by atoms with van der Waals surface area (Å²) in [6, 6.07) is 5.63. The molecule has 1 amide bonds. The second-order valence-electron chi connectivity index (χ2n) is 5.33. The van der Waals surface area contributed by atoms with E-state index in [9.17, 15) is 4.79 Å². The Hall–Kier alpha value is -1.51. The molecule has 0 aliphatic heterocycles. The van der Waals surface area contributed by atoms with Crippen molar-refractivity contribution in [1.29, 1.82) is 0 Å². The first kappa shape index (κ1) is 12.9. The first-order valence-electron chi connectivity index (χ1n) is 6.81. The number of anilines is 2. The van der Waals surface area contributed by atoms with Gasteiger partial charge >= 0.3 is 0 Å². The summed E-state index contributed by atoms with van der Waals surface area (Å²) in [7, 11) is 0. The van der Waals surface area contributed by atoms with E-state index in [2.05, 4.69) is 5.32 Å². The van der Waals surface area contributed by atoms with Crippen molar-refractivity contribution in [2.75, 3.05) is 11.1 Å². The average Bonchev–Trinajstić information content (AvgIpc) is 2.35. The molecule has 0 spiro atoms. The van der Waals surface area contributed by atoms with Gasteiger partial charge in [-0.25, -0.2) is 0 Å². The fraction of sp³-hybridized carbons (Fsp3) is 0.533. The molecular weight excluding hydrogens is 224 g/mol. The van der Waals surface area contributed by atoms with Gasteiger partial charge in [0.2, 0.25) is 5.91 Å². The van der Waals surface area contributed by atoms with Gasteiger partial charge in [-0.15, -0.1) is 0 Å². The van der Waals surface area contributed by atoms with E-state index < -0.39 is 0 Å². The second kappa shape index (κ2) is 5.89. The Morgan fingerprint density at radius 3 is 2.72 bits per heavy atom. The Morgan fingerprint density at radius 1 is 1.33 bits per heavy atom. The van der Waals surface area contributed by atoms with E-state index in [0.717, 1.165) is 16.9 Å². The number of aryl methyl sites for hydroxylation is 1. The van der Waals surface area contributed by atoms with E-state index in [1.54, 1.807) is 0 Å². The van der Waals surface area contributed by atoms with Gasteiger partial charge in [0, 0.05) is 17.8 Å². The maximum atomic E-state index is 11.9. The van der Waals surface area contributed by atoms with Gasteiger partial charge in [0.25, 0.3) is 0 Å². The third-order valence-electron chi connectivity index (χ3n) is 3.75. The zero-order chi connectivity index (χ0) is 13.0. The van der Waals surface area contributed by atoms with Crippen molar-refractivity contribution < 1.29 is 4.79 Å². The van der Waals surface area contributed by atoms with Gasteiger partial charge in [-0.05, 0) is 49.4 Å². The van der Waals surface area contributed by atoms with Crippen LogP contribution in [0, 0.1) is 12.8 Å². The molecule has 1 aliphatic carbocycles. The van der Waals surface area contributed by atoms with E-state index in [-0.39, 0.29) is 5.91 Å². The van der Waals surface area contributed by atoms with Crippen LogP contribution < -0.4 is 11.1 Å². The monoisotopic (exact) mass is 246 g/mol. The van der Waals surface area contributed by atoms with Crippen LogP contribution in [-0.2, 0) is 4.79 Å². The van der Waals surface area contributed by atoms with Gasteiger partial charge in [0.05, 0.1) is 0 Å². The molecule has 0 saturated heterocycles. The van der Waals surface area contributed by atoms with Gasteiger partial charge in [0.15, 0.2) is 0 Å². The van der Waals surface area contributed by atoms with Crippen LogP contribution >= 0.6 is 0 Å². The quantitative estimate of drug-likeness (QED) is 0.802. The molecule has 1 aromatic carbocycles. The summed E-state index contributed by atoms with van der Waals surface area (Å²) in [6.45, 7) is 1.95. The van der Waals surface area contributed by atoms with Crippen molar-refractivity contribution >= 4 is 17.3 Å². The van der Waals surface area contributed by atoms with Crippen LogP contribution in [0.3, 0.4) is 0 Å². The van der Waals surface area contributed by atoms with Gasteiger partial charge in [-0.1, -0.05) is 19.3 Å². The molecule has 2 rings (SSSR count). The molecule has 1 saturated carbocycles. The first-order chi connectivity index (χ1) is 8.65. The molecule has 0 aromatic heterocycles. The molecule has 0 bridgehead atoms. The van der Waals surface area contributed by atoms with Crippen molar-refractivity contribution in [1.82, 2.24) is 0 Å². The van der Waals surface area contributed by atoms with Crippen molar-refractivity contribution in [2.45, 2.75) is 45.4 Å². The van der Waals surface area contributed by atoms with Crippen molar-refractivity contribution in [3.8, 4) is 0 Å². The van der Waals surface area contributed by atoms with Crippen LogP contribution in [0.15, 0.2) is 18.2 Å². The third kappa shape index (κ3) is 3.49. The predicted molar refractivity (Wildman–Crippen MR) is 75.4 cm³/mol. The fourth-order valence-corrected chi connectivity index (χ4v) is 2.62. The zero-order valence-corrected chi connectivity index (χ0v) is 11.0. The molecule has 1 aromatic rings. The molecule has 3 N–H and O–H groups in total. The number of benzene rings is 1. The molecule has 98 valence electrons. The molecule has 0 unspecified atom stereocenters. The van der Waals surface area contributed by atoms with E-state index in [4.69, 9.17) is 5.73 Å². The largest absolute Gasteiger partial charge is 0.399 e. The maximum Gasteiger partial charge on any atom is 0.224 e. The summed E-state index contributed by atoms with van der Waals surface area (Å²) >= 11 is 0. The van der Waals surface area contributed by atoms with Crippen LogP contribution in [0.25, 0.3) is 0 Å². The fourth-order valence-electron chi connectivity index (χ4n) is 2.62. The van der Waals surface area contributed by atoms with E-state index >= 15 is 0 Å². The Kier molecular flexibility index (Phi) is 4.24. The minimum absolute atomic E-state index is 0.131. The predicted octanol–water partition coefficient (Wildman–Crippen LogP) is 3.49. The number of amides is 1. The van der Waals surface area contributed by atoms with Crippen LogP contribution in [-0.4, -0.2) is 5.91 Å². The third-order valence-corrected chi connectivity index (χ3v) is 3.75. The average molecular weight is 246 g/mol. The van der Waals surface area contributed by atoms with Crippen molar-refractivity contribution in [2.24, 2.45) is 5.92 Å². The molecule has 1 aliphatic rings. The van der Waals surface area contributed by atoms with Crippen LogP contribution in [0.1, 0.15) is 44.1 Å². The topological polar surface area (TPSA) is 55.1 Å². The lowest BCUT2D eigenvalue weighted by Crippen LogP contribution is -2.18. The Labute approximate surface area is 109 Å². The summed E-state index contributed by atoms with van der Waals surface area (Å²) in [5, 5.41) is 2.96. The molecule has 0 atom stereocenters. The number of nitrogens with one attached hydrogen (secondary N) is 1. The summed E-state index contributed by atoms with van der Waals surface area (Å²) in [4.78, 5) is 11.9. The van der Waals surface area contributed by atoms with Crippen molar-refractivity contribution in [3.63, 3.8) is 0 Å². The number of rotatable bonds is 3. The molecule has 3 heteroatoms. The highest BCUT2D eigenvalue weighted by Crippen LogP contribution is 2.26. The van der Waals surface area contributed by atoms with Gasteiger partial charge < -0.3 is 11.1 Å². The number of nitrogen functional groups attached to an aromatic ring is 1. The minimum Gasteiger partial charge on any atom is -0.399 e. The Bertz CT molecular complexity index is 423. The Morgan fingerprint density at radius 2 is 2.06 bits per heavy atom. The van der Waals surface area contributed by atoms with Crippen LogP contribution in [0.5, 0.6) is 0 Å². The smallest absolute Gasteiger partial charge is 0.224 e. The highest BCUT2D eigenvalue weighted by atomic mass is 16.1. The standard InChI is InChI=1S/C15H22N2O/c1-11-9-13(7-8-14(11)16)17-15(18)10-12-5-3-2-4-6-12/h7-9,12H,2-6,10,16H2,1H3,(H,17,18). The summed E-state index contributed by atoms with van der Waals surface area (Å²) in [5.74, 6) is 0.708. The van der Waals surface area contributed by atoms with Gasteiger partial charge in [-0.2, -0.15) is 0 Å². The zero-order valence-electron chi connectivity index (χ0n) is 11.0. The van der Waals surface area contributed by atoms with Crippen molar-refractivity contribution in [3.05, 3.63) is 23.8 Å². The second-order valence-corrected chi connectivity index (χ2v) is 5.33. The van der Waals surface area contributed by atoms with Crippen LogP contribution in [0.2, 0.25) is 0 Å². The molecule has 0 radical (unpaired) electrons. The number of carbonyl (C=O) groups excluding carboxylic acids is 1. The summed E-state index contributed by atoms with van der Waals surface area (Å²) in [5.41, 5.74) is 8.37. The van der Waals surface area contributed by atoms with Gasteiger partial charge in [0.1, 0.15) is 0 Å². The summed E-state index contributed by atoms with van der Waals surface area (Å²) < 4.78 is 0. The lowest BCUT2D eigenvalue weighted by molar-refractivity contribution is -0.117. The molecule has 0 heterocycles. The number of carbonyl (C=O) groups is 1. The SMILES string of the molecule is Cc1cc(NC(=O)CC2CCCCC2)ccc1N. The van der Waals surface area contributed by atoms with E-state index in [1.807, 2.05) is 25.1 Å². The maximum absolute atomic E-state index is 11.9. The minimum atomic E-state index is 0.131. The number of nitrogens with two attached hydrogens (primary N) is 1. The molecule has 18 heavy (non-hydrogen) atoms. The van der Waals surface area contributed by atoms with E-state index in [0.29, 0.717) is 12.3 Å². The molecule has 1 fully saturated rings. The number of hydrogen-bond donors (Lipinski definition) is 2. The van der Waals surface area contributed by atoms with Gasteiger partial charge in [-0.3, -0.25) is 4.79 Å². The summed E-state index contributed by atoms with van der Waals surface area (Å²) in [6.07, 6.45) is 6.94. The highest BCUT2D eigenvalue weighted by Gasteiger charge is 2.17. The van der Waals surface area contributed by atoms with E-state index in [1.165, 1.54) is 32.1 Å². The molecular formula is C15H22N2O. The van der Waals surface area contributed by atoms with Crippen LogP contribution in [0.4, 0.5) is 11.4 Å². The lowest BCUT2D eigenvalue weighted by Gasteiger charge is -2.20.